The number of rotatable bonds is 6. The van der Waals surface area contributed by atoms with Crippen molar-refractivity contribution in [2.75, 3.05) is 6.61 Å². The number of aliphatic hydroxyl groups is 1. The first kappa shape index (κ1) is 14.0. The van der Waals surface area contributed by atoms with Gasteiger partial charge >= 0.3 is 5.97 Å². The molecule has 0 aliphatic heterocycles. The highest BCUT2D eigenvalue weighted by molar-refractivity contribution is 7.10. The van der Waals surface area contributed by atoms with Crippen molar-refractivity contribution < 1.29 is 19.4 Å². The predicted octanol–water partition coefficient (Wildman–Crippen LogP) is 1.11. The molecule has 2 N–H and O–H groups in total. The van der Waals surface area contributed by atoms with Crippen LogP contribution in [0.4, 0.5) is 0 Å². The molecule has 1 aromatic heterocycles. The van der Waals surface area contributed by atoms with E-state index in [1.807, 2.05) is 0 Å². The predicted molar refractivity (Wildman–Crippen MR) is 63.9 cm³/mol. The summed E-state index contributed by atoms with van der Waals surface area (Å²) in [5.41, 5.74) is 0. The Morgan fingerprint density at radius 1 is 1.76 bits per heavy atom. The smallest absolute Gasteiger partial charge is 0.331 e. The van der Waals surface area contributed by atoms with Crippen LogP contribution in [0.25, 0.3) is 0 Å². The van der Waals surface area contributed by atoms with Crippen LogP contribution in [0, 0.1) is 0 Å². The normalized spacial score (nSPS) is 13.8. The number of thiophene rings is 1. The summed E-state index contributed by atoms with van der Waals surface area (Å²) in [6, 6.07) is 0.414. The van der Waals surface area contributed by atoms with Gasteiger partial charge in [0.15, 0.2) is 6.04 Å². The van der Waals surface area contributed by atoms with E-state index in [1.165, 1.54) is 17.4 Å². The van der Waals surface area contributed by atoms with Crippen molar-refractivity contribution in [2.45, 2.75) is 19.1 Å². The Morgan fingerprint density at radius 3 is 2.94 bits per heavy atom. The maximum Gasteiger partial charge on any atom is 0.331 e. The minimum atomic E-state index is -1.17. The highest BCUT2D eigenvalue weighted by Crippen LogP contribution is 2.27. The van der Waals surface area contributed by atoms with Gasteiger partial charge < -0.3 is 15.2 Å². The molecule has 0 radical (unpaired) electrons. The minimum absolute atomic E-state index is 0.174. The van der Waals surface area contributed by atoms with Crippen LogP contribution >= 0.6 is 22.9 Å². The third-order valence-corrected chi connectivity index (χ3v) is 3.33. The van der Waals surface area contributed by atoms with Crippen molar-refractivity contribution in [2.24, 2.45) is 0 Å². The zero-order valence-electron chi connectivity index (χ0n) is 9.05. The average Bonchev–Trinajstić information content (AvgIpc) is 2.72. The molecule has 1 aromatic rings. The molecule has 0 saturated heterocycles. The molecule has 94 valence electrons. The number of ether oxygens (including phenoxy) is 1. The molecule has 0 spiro atoms. The number of hydrogen-bond acceptors (Lipinski definition) is 5. The van der Waals surface area contributed by atoms with Crippen LogP contribution in [0.3, 0.4) is 0 Å². The fourth-order valence-electron chi connectivity index (χ4n) is 1.24. The summed E-state index contributed by atoms with van der Waals surface area (Å²) in [5.74, 6) is -0.684. The molecule has 17 heavy (non-hydrogen) atoms. The zero-order chi connectivity index (χ0) is 12.8. The molecule has 2 unspecified atom stereocenters. The van der Waals surface area contributed by atoms with E-state index in [0.29, 0.717) is 16.3 Å². The van der Waals surface area contributed by atoms with Crippen molar-refractivity contribution in [1.29, 1.82) is 0 Å². The lowest BCUT2D eigenvalue weighted by molar-refractivity contribution is -0.149. The Labute approximate surface area is 107 Å². The molecule has 1 amide bonds. The first-order valence-corrected chi connectivity index (χ1v) is 6.14. The van der Waals surface area contributed by atoms with Crippen LogP contribution in [0.2, 0.25) is 5.02 Å². The fourth-order valence-corrected chi connectivity index (χ4v) is 2.34. The number of aliphatic hydroxyl groups excluding tert-OH is 1. The van der Waals surface area contributed by atoms with Crippen LogP contribution in [-0.2, 0) is 14.3 Å². The number of amides is 1. The van der Waals surface area contributed by atoms with Gasteiger partial charge in [0.1, 0.15) is 6.10 Å². The molecule has 5 nitrogen and oxygen atoms in total. The number of carbonyl (C=O) groups is 2. The van der Waals surface area contributed by atoms with Crippen molar-refractivity contribution >= 4 is 35.3 Å². The maximum absolute atomic E-state index is 11.5. The Morgan fingerprint density at radius 2 is 2.47 bits per heavy atom. The first-order valence-electron chi connectivity index (χ1n) is 4.88. The van der Waals surface area contributed by atoms with Gasteiger partial charge in [0.2, 0.25) is 6.41 Å². The fraction of sp³-hybridized carbons (Fsp3) is 0.400. The lowest BCUT2D eigenvalue weighted by Gasteiger charge is -2.19. The summed E-state index contributed by atoms with van der Waals surface area (Å²) in [5, 5.41) is 14.3. The van der Waals surface area contributed by atoms with E-state index in [4.69, 9.17) is 16.3 Å². The lowest BCUT2D eigenvalue weighted by atomic mass is 10.1. The molecule has 0 aliphatic carbocycles. The number of esters is 1. The second-order valence-corrected chi connectivity index (χ2v) is 4.51. The molecular weight excluding hydrogens is 266 g/mol. The summed E-state index contributed by atoms with van der Waals surface area (Å²) in [7, 11) is 0. The third kappa shape index (κ3) is 3.69. The van der Waals surface area contributed by atoms with Crippen LogP contribution in [0.15, 0.2) is 11.4 Å². The van der Waals surface area contributed by atoms with E-state index in [2.05, 4.69) is 5.32 Å². The Hall–Kier alpha value is -1.11. The number of halogens is 1. The van der Waals surface area contributed by atoms with Gasteiger partial charge in [0, 0.05) is 10.3 Å². The second-order valence-electron chi connectivity index (χ2n) is 3.13. The second kappa shape index (κ2) is 6.58. The standard InChI is InChI=1S/C10H12ClNO4S/c1-2-16-10(15)8(12-5-13)9(14)7-3-6(11)4-17-7/h3-5,8-9,14H,2H2,1H3,(H,12,13). The van der Waals surface area contributed by atoms with Crippen LogP contribution < -0.4 is 5.32 Å². The third-order valence-electron chi connectivity index (χ3n) is 1.98. The van der Waals surface area contributed by atoms with Crippen LogP contribution in [0.5, 0.6) is 0 Å². The maximum atomic E-state index is 11.5. The molecule has 2 atom stereocenters. The molecule has 1 heterocycles. The van der Waals surface area contributed by atoms with Gasteiger partial charge in [-0.15, -0.1) is 11.3 Å². The SMILES string of the molecule is CCOC(=O)C(NC=O)C(O)c1cc(Cl)cs1. The van der Waals surface area contributed by atoms with E-state index < -0.39 is 18.1 Å². The highest BCUT2D eigenvalue weighted by atomic mass is 35.5. The van der Waals surface area contributed by atoms with E-state index in [0.717, 1.165) is 0 Å². The Balaban J connectivity index is 2.82. The van der Waals surface area contributed by atoms with Crippen LogP contribution in [-0.4, -0.2) is 30.1 Å². The molecule has 1 rings (SSSR count). The van der Waals surface area contributed by atoms with Gasteiger partial charge in [-0.25, -0.2) is 4.79 Å². The van der Waals surface area contributed by atoms with E-state index in [9.17, 15) is 14.7 Å². The summed E-state index contributed by atoms with van der Waals surface area (Å²) in [6.45, 7) is 1.82. The Kier molecular flexibility index (Phi) is 5.40. The van der Waals surface area contributed by atoms with Crippen molar-refractivity contribution in [3.63, 3.8) is 0 Å². The number of nitrogens with one attached hydrogen (secondary N) is 1. The largest absolute Gasteiger partial charge is 0.464 e. The van der Waals surface area contributed by atoms with Gasteiger partial charge in [-0.1, -0.05) is 11.6 Å². The van der Waals surface area contributed by atoms with E-state index >= 15 is 0 Å². The topological polar surface area (TPSA) is 75.6 Å². The van der Waals surface area contributed by atoms with Gasteiger partial charge in [-0.05, 0) is 13.0 Å². The highest BCUT2D eigenvalue weighted by Gasteiger charge is 2.29. The average molecular weight is 278 g/mol. The van der Waals surface area contributed by atoms with Gasteiger partial charge in [0.05, 0.1) is 11.6 Å². The molecular formula is C10H12ClNO4S. The summed E-state index contributed by atoms with van der Waals surface area (Å²) in [4.78, 5) is 22.4. The summed E-state index contributed by atoms with van der Waals surface area (Å²) in [6.07, 6.45) is -0.822. The molecule has 0 fully saturated rings. The first-order chi connectivity index (χ1) is 8.10. The van der Waals surface area contributed by atoms with E-state index in [-0.39, 0.29) is 6.61 Å². The van der Waals surface area contributed by atoms with E-state index in [1.54, 1.807) is 12.3 Å². The number of hydrogen-bond donors (Lipinski definition) is 2. The quantitative estimate of drug-likeness (QED) is 0.603. The van der Waals surface area contributed by atoms with Crippen molar-refractivity contribution in [3.05, 3.63) is 21.3 Å². The summed E-state index contributed by atoms with van der Waals surface area (Å²) >= 11 is 6.92. The molecule has 0 aromatic carbocycles. The van der Waals surface area contributed by atoms with Crippen molar-refractivity contribution in [3.8, 4) is 0 Å². The van der Waals surface area contributed by atoms with Gasteiger partial charge in [0.25, 0.3) is 0 Å². The minimum Gasteiger partial charge on any atom is -0.464 e. The molecule has 0 aliphatic rings. The molecule has 0 saturated carbocycles. The van der Waals surface area contributed by atoms with Gasteiger partial charge in [-0.2, -0.15) is 0 Å². The molecule has 7 heteroatoms. The zero-order valence-corrected chi connectivity index (χ0v) is 10.6. The molecule has 0 bridgehead atoms. The Bertz CT molecular complexity index is 395. The monoisotopic (exact) mass is 277 g/mol. The van der Waals surface area contributed by atoms with Crippen LogP contribution in [0.1, 0.15) is 17.9 Å². The lowest BCUT2D eigenvalue weighted by Crippen LogP contribution is -2.42. The summed E-state index contributed by atoms with van der Waals surface area (Å²) < 4.78 is 4.76. The van der Waals surface area contributed by atoms with Crippen molar-refractivity contribution in [1.82, 2.24) is 5.32 Å². The van der Waals surface area contributed by atoms with Gasteiger partial charge in [-0.3, -0.25) is 4.79 Å². The number of carbonyl (C=O) groups excluding carboxylic acids is 2.